The number of carboxylic acids is 1. The highest BCUT2D eigenvalue weighted by Crippen LogP contribution is 2.44. The maximum absolute atomic E-state index is 13.3. The number of hydrogen-bond donors (Lipinski definition) is 1. The number of halogens is 2. The van der Waals surface area contributed by atoms with E-state index in [4.69, 9.17) is 0 Å². The normalized spacial score (nSPS) is 20.6. The summed E-state index contributed by atoms with van der Waals surface area (Å²) in [6, 6.07) is 4.50. The van der Waals surface area contributed by atoms with Gasteiger partial charge in [0.05, 0.1) is 12.1 Å². The lowest BCUT2D eigenvalue weighted by molar-refractivity contribution is 0.0120. The van der Waals surface area contributed by atoms with E-state index >= 15 is 0 Å². The molecule has 2 aliphatic rings. The van der Waals surface area contributed by atoms with E-state index < -0.39 is 24.3 Å². The van der Waals surface area contributed by atoms with Gasteiger partial charge in [0.25, 0.3) is 11.8 Å². The highest BCUT2D eigenvalue weighted by Gasteiger charge is 2.42. The zero-order chi connectivity index (χ0) is 15.2. The molecular weight excluding hydrogens is 280 g/mol. The highest BCUT2D eigenvalue weighted by molar-refractivity contribution is 6.00. The molecule has 1 aromatic rings. The fourth-order valence-electron chi connectivity index (χ4n) is 2.83. The van der Waals surface area contributed by atoms with Gasteiger partial charge in [-0.25, -0.2) is 13.6 Å². The van der Waals surface area contributed by atoms with Crippen LogP contribution in [0.2, 0.25) is 0 Å². The van der Waals surface area contributed by atoms with E-state index in [1.54, 1.807) is 6.07 Å². The monoisotopic (exact) mass is 295 g/mol. The van der Waals surface area contributed by atoms with Gasteiger partial charge in [0.15, 0.2) is 0 Å². The minimum Gasteiger partial charge on any atom is -0.478 e. The first-order valence-corrected chi connectivity index (χ1v) is 6.92. The van der Waals surface area contributed by atoms with E-state index in [-0.39, 0.29) is 30.0 Å². The predicted molar refractivity (Wildman–Crippen MR) is 70.8 cm³/mol. The number of aromatic carboxylic acids is 1. The molecule has 112 valence electrons. The Morgan fingerprint density at radius 3 is 2.43 bits per heavy atom. The van der Waals surface area contributed by atoms with Crippen LogP contribution < -0.4 is 0 Å². The summed E-state index contributed by atoms with van der Waals surface area (Å²) in [5.74, 6) is -4.37. The first kappa shape index (κ1) is 14.0. The van der Waals surface area contributed by atoms with Gasteiger partial charge in [-0.2, -0.15) is 0 Å². The second-order valence-corrected chi connectivity index (χ2v) is 5.68. The summed E-state index contributed by atoms with van der Waals surface area (Å²) in [5.41, 5.74) is 0.870. The van der Waals surface area contributed by atoms with E-state index in [0.29, 0.717) is 5.56 Å². The van der Waals surface area contributed by atoms with Gasteiger partial charge < -0.3 is 10.0 Å². The molecule has 0 aromatic heterocycles. The number of carboxylic acid groups (broad SMARTS) is 1. The van der Waals surface area contributed by atoms with Crippen LogP contribution in [-0.4, -0.2) is 40.9 Å². The lowest BCUT2D eigenvalue weighted by Crippen LogP contribution is -2.32. The zero-order valence-corrected chi connectivity index (χ0v) is 11.3. The molecule has 3 rings (SSSR count). The summed E-state index contributed by atoms with van der Waals surface area (Å²) in [6.07, 6.45) is 1.33. The molecule has 0 radical (unpaired) electrons. The number of likely N-dealkylation sites (tertiary alicyclic amines) is 1. The third-order valence-corrected chi connectivity index (χ3v) is 4.01. The average molecular weight is 295 g/mol. The maximum atomic E-state index is 13.3. The molecule has 1 amide bonds. The van der Waals surface area contributed by atoms with Crippen molar-refractivity contribution in [3.63, 3.8) is 0 Å². The van der Waals surface area contributed by atoms with Crippen molar-refractivity contribution in [1.82, 2.24) is 4.90 Å². The second kappa shape index (κ2) is 4.79. The molecule has 6 heteroatoms. The highest BCUT2D eigenvalue weighted by atomic mass is 19.3. The molecule has 0 spiro atoms. The predicted octanol–water partition coefficient (Wildman–Crippen LogP) is 2.74. The Kier molecular flexibility index (Phi) is 3.19. The van der Waals surface area contributed by atoms with Crippen molar-refractivity contribution in [2.75, 3.05) is 13.1 Å². The fourth-order valence-corrected chi connectivity index (χ4v) is 2.83. The van der Waals surface area contributed by atoms with Crippen LogP contribution >= 0.6 is 0 Å². The molecule has 1 aliphatic carbocycles. The van der Waals surface area contributed by atoms with E-state index in [2.05, 4.69) is 0 Å². The van der Waals surface area contributed by atoms with Crippen LogP contribution in [0.5, 0.6) is 0 Å². The quantitative estimate of drug-likeness (QED) is 0.932. The minimum atomic E-state index is -2.85. The van der Waals surface area contributed by atoms with Crippen LogP contribution in [0.25, 0.3) is 0 Å². The van der Waals surface area contributed by atoms with Gasteiger partial charge in [-0.3, -0.25) is 4.79 Å². The van der Waals surface area contributed by atoms with Crippen LogP contribution in [-0.2, 0) is 0 Å². The number of rotatable bonds is 3. The van der Waals surface area contributed by atoms with Crippen molar-refractivity contribution < 1.29 is 23.5 Å². The van der Waals surface area contributed by atoms with Crippen molar-refractivity contribution in [2.45, 2.75) is 31.1 Å². The molecule has 1 aliphatic heterocycles. The molecule has 2 fully saturated rings. The van der Waals surface area contributed by atoms with Crippen LogP contribution in [0, 0.1) is 0 Å². The molecule has 0 bridgehead atoms. The Hall–Kier alpha value is -1.98. The second-order valence-electron chi connectivity index (χ2n) is 5.68. The Labute approximate surface area is 120 Å². The van der Waals surface area contributed by atoms with Gasteiger partial charge in [0.1, 0.15) is 0 Å². The first-order chi connectivity index (χ1) is 9.89. The number of carbonyl (C=O) groups is 2. The largest absolute Gasteiger partial charge is 0.478 e. The molecular formula is C15H15F2NO3. The Balaban J connectivity index is 1.97. The van der Waals surface area contributed by atoms with Crippen LogP contribution in [0.3, 0.4) is 0 Å². The van der Waals surface area contributed by atoms with Gasteiger partial charge >= 0.3 is 5.97 Å². The van der Waals surface area contributed by atoms with Gasteiger partial charge in [0.2, 0.25) is 0 Å². The maximum Gasteiger partial charge on any atom is 0.335 e. The molecule has 0 atom stereocenters. The summed E-state index contributed by atoms with van der Waals surface area (Å²) in [4.78, 5) is 24.9. The summed E-state index contributed by atoms with van der Waals surface area (Å²) in [6.45, 7) is -0.583. The van der Waals surface area contributed by atoms with Gasteiger partial charge in [0, 0.05) is 18.5 Å². The SMILES string of the molecule is O=C(O)c1cccc(C(=O)N2CCC(F)(F)C2)c1C1CC1. The smallest absolute Gasteiger partial charge is 0.335 e. The third kappa shape index (κ3) is 2.62. The third-order valence-electron chi connectivity index (χ3n) is 4.01. The Morgan fingerprint density at radius 1 is 1.24 bits per heavy atom. The molecule has 4 nitrogen and oxygen atoms in total. The number of benzene rings is 1. The van der Waals surface area contributed by atoms with E-state index in [1.807, 2.05) is 0 Å². The molecule has 0 unspecified atom stereocenters. The molecule has 1 saturated carbocycles. The minimum absolute atomic E-state index is 0.00718. The summed E-state index contributed by atoms with van der Waals surface area (Å²) >= 11 is 0. The van der Waals surface area contributed by atoms with E-state index in [1.165, 1.54) is 12.1 Å². The Bertz CT molecular complexity index is 611. The average Bonchev–Trinajstić information content (AvgIpc) is 3.20. The van der Waals surface area contributed by atoms with Crippen molar-refractivity contribution >= 4 is 11.9 Å². The summed E-state index contributed by atoms with van der Waals surface area (Å²) < 4.78 is 26.5. The van der Waals surface area contributed by atoms with Crippen molar-refractivity contribution in [3.8, 4) is 0 Å². The molecule has 1 N–H and O–H groups in total. The summed E-state index contributed by atoms with van der Waals surface area (Å²) in [5, 5.41) is 9.25. The Morgan fingerprint density at radius 2 is 1.90 bits per heavy atom. The van der Waals surface area contributed by atoms with Gasteiger partial charge in [-0.1, -0.05) is 6.07 Å². The number of carbonyl (C=O) groups excluding carboxylic acids is 1. The van der Waals surface area contributed by atoms with E-state index in [0.717, 1.165) is 17.7 Å². The van der Waals surface area contributed by atoms with Crippen molar-refractivity contribution in [2.24, 2.45) is 0 Å². The van der Waals surface area contributed by atoms with Crippen LogP contribution in [0.1, 0.15) is 51.5 Å². The van der Waals surface area contributed by atoms with E-state index in [9.17, 15) is 23.5 Å². The standard InChI is InChI=1S/C15H15F2NO3/c16-15(17)6-7-18(8-15)13(19)10-2-1-3-11(14(20)21)12(10)9-4-5-9/h1-3,9H,4-8H2,(H,20,21). The number of alkyl halides is 2. The lowest BCUT2D eigenvalue weighted by Gasteiger charge is -2.19. The van der Waals surface area contributed by atoms with Gasteiger partial charge in [-0.15, -0.1) is 0 Å². The van der Waals surface area contributed by atoms with Crippen molar-refractivity contribution in [1.29, 1.82) is 0 Å². The zero-order valence-electron chi connectivity index (χ0n) is 11.3. The molecule has 1 aromatic carbocycles. The number of amides is 1. The van der Waals surface area contributed by atoms with Gasteiger partial charge in [-0.05, 0) is 36.5 Å². The van der Waals surface area contributed by atoms with Crippen LogP contribution in [0.4, 0.5) is 8.78 Å². The number of hydrogen-bond acceptors (Lipinski definition) is 2. The topological polar surface area (TPSA) is 57.6 Å². The first-order valence-electron chi connectivity index (χ1n) is 6.92. The summed E-state index contributed by atoms with van der Waals surface area (Å²) in [7, 11) is 0. The molecule has 21 heavy (non-hydrogen) atoms. The molecule has 1 heterocycles. The van der Waals surface area contributed by atoms with Crippen molar-refractivity contribution in [3.05, 3.63) is 34.9 Å². The fraction of sp³-hybridized carbons (Fsp3) is 0.467. The molecule has 1 saturated heterocycles. The lowest BCUT2D eigenvalue weighted by atomic mass is 9.96. The number of nitrogens with zero attached hydrogens (tertiary/aromatic N) is 1. The van der Waals surface area contributed by atoms with Crippen LogP contribution in [0.15, 0.2) is 18.2 Å².